The first-order valence-corrected chi connectivity index (χ1v) is 46.8. The first kappa shape index (κ1) is 101. The van der Waals surface area contributed by atoms with Crippen molar-refractivity contribution in [2.24, 2.45) is 5.92 Å². The molecule has 8 amide bonds. The van der Waals surface area contributed by atoms with Crippen LogP contribution < -0.4 is 40.9 Å². The quantitative estimate of drug-likeness (QED) is 0.0194. The topological polar surface area (TPSA) is 366 Å². The van der Waals surface area contributed by atoms with Gasteiger partial charge in [-0.3, -0.25) is 69.4 Å². The Bertz CT molecular complexity index is 6490. The number of aliphatic hydroxyl groups is 4. The van der Waals surface area contributed by atoms with Crippen molar-refractivity contribution in [2.45, 2.75) is 147 Å². The summed E-state index contributed by atoms with van der Waals surface area (Å²) in [6, 6.07) is 42.1. The van der Waals surface area contributed by atoms with Gasteiger partial charge in [0.25, 0.3) is 48.8 Å². The molecule has 8 heterocycles. The van der Waals surface area contributed by atoms with Crippen LogP contribution in [0.3, 0.4) is 0 Å². The highest BCUT2D eigenvalue weighted by Crippen LogP contribution is 2.44. The van der Waals surface area contributed by atoms with Gasteiger partial charge in [-0.2, -0.15) is 13.2 Å². The van der Waals surface area contributed by atoms with Gasteiger partial charge < -0.3 is 63.0 Å². The highest BCUT2D eigenvalue weighted by molar-refractivity contribution is 6.08. The molecule has 4 aromatic heterocycles. The number of morpholine rings is 1. The predicted octanol–water partition coefficient (Wildman–Crippen LogP) is 15.8. The van der Waals surface area contributed by atoms with Crippen LogP contribution >= 0.6 is 0 Å². The van der Waals surface area contributed by atoms with E-state index in [4.69, 9.17) is 9.72 Å². The molecule has 140 heavy (non-hydrogen) atoms. The zero-order chi connectivity index (χ0) is 99.1. The molecule has 0 bridgehead atoms. The molecule has 740 valence electrons. The van der Waals surface area contributed by atoms with Gasteiger partial charge in [-0.15, -0.1) is 0 Å². The average Bonchev–Trinajstić information content (AvgIpc) is 1.59. The second-order valence-electron chi connectivity index (χ2n) is 35.1. The Labute approximate surface area is 798 Å². The maximum atomic E-state index is 13.3. The number of halogens is 9. The molecule has 4 saturated heterocycles. The van der Waals surface area contributed by atoms with Gasteiger partial charge in [-0.05, 0) is 204 Å². The molecule has 0 radical (unpaired) electrons. The second kappa shape index (κ2) is 45.6. The summed E-state index contributed by atoms with van der Waals surface area (Å²) in [4.78, 5) is 131. The molecule has 40 heteroatoms. The maximum absolute atomic E-state index is 13.3. The Balaban J connectivity index is 0.000000141. The summed E-state index contributed by atoms with van der Waals surface area (Å²) in [6.45, 7) is 9.84. The van der Waals surface area contributed by atoms with E-state index in [1.54, 1.807) is 51.5 Å². The minimum atomic E-state index is -4.58. The molecular weight excluding hydrogens is 1830 g/mol. The maximum Gasteiger partial charge on any atom is 0.416 e. The fourth-order valence-corrected chi connectivity index (χ4v) is 18.2. The van der Waals surface area contributed by atoms with Gasteiger partial charge in [-0.1, -0.05) is 68.7 Å². The van der Waals surface area contributed by atoms with E-state index in [-0.39, 0.29) is 119 Å². The third-order valence-corrected chi connectivity index (χ3v) is 25.7. The van der Waals surface area contributed by atoms with Gasteiger partial charge in [0.05, 0.1) is 74.9 Å². The number of aryl methyl sites for hydroxylation is 3. The molecule has 6 fully saturated rings. The van der Waals surface area contributed by atoms with Crippen molar-refractivity contribution in [3.63, 3.8) is 0 Å². The number of amides is 8. The van der Waals surface area contributed by atoms with Gasteiger partial charge in [0.1, 0.15) is 6.61 Å². The largest absolute Gasteiger partial charge is 0.416 e. The lowest BCUT2D eigenvalue weighted by molar-refractivity contribution is -0.137. The number of aliphatic hydroxyl groups excluding tert-OH is 4. The number of nitrogens with one attached hydrogen (secondary N) is 4. The molecule has 0 atom stereocenters. The normalized spacial score (nSPS) is 16.1. The van der Waals surface area contributed by atoms with Crippen molar-refractivity contribution in [1.29, 1.82) is 0 Å². The Morgan fingerprint density at radius 1 is 0.429 bits per heavy atom. The van der Waals surface area contributed by atoms with Crippen LogP contribution in [0, 0.1) is 5.92 Å². The van der Waals surface area contributed by atoms with Gasteiger partial charge >= 0.3 is 6.18 Å². The van der Waals surface area contributed by atoms with Crippen molar-refractivity contribution >= 4 is 138 Å². The minimum absolute atomic E-state index is 0.00954. The first-order valence-electron chi connectivity index (χ1n) is 46.8. The summed E-state index contributed by atoms with van der Waals surface area (Å²) in [5, 5.41) is 48.8. The number of carbonyl (C=O) groups excluding carboxylic acids is 8. The number of alkyl halides is 9. The lowest BCUT2D eigenvalue weighted by Gasteiger charge is -2.40. The smallest absolute Gasteiger partial charge is 0.396 e. The molecule has 6 aliphatic rings. The molecule has 12 aromatic rings. The summed E-state index contributed by atoms with van der Waals surface area (Å²) >= 11 is 0. The number of hydrogen-bond acceptors (Lipinski definition) is 19. The van der Waals surface area contributed by atoms with Crippen LogP contribution in [0.15, 0.2) is 170 Å². The van der Waals surface area contributed by atoms with E-state index >= 15 is 0 Å². The summed E-state index contributed by atoms with van der Waals surface area (Å²) < 4.78 is 130. The van der Waals surface area contributed by atoms with Crippen LogP contribution in [0.25, 0.3) is 44.1 Å². The number of aromatic nitrogens is 8. The van der Waals surface area contributed by atoms with E-state index < -0.39 is 60.2 Å². The van der Waals surface area contributed by atoms with Crippen molar-refractivity contribution in [3.8, 4) is 0 Å². The van der Waals surface area contributed by atoms with Crippen LogP contribution in [-0.4, -0.2) is 221 Å². The lowest BCUT2D eigenvalue weighted by atomic mass is 9.79. The number of hydrogen-bond donors (Lipinski definition) is 8. The number of fused-ring (bicyclic) bond motifs is 4. The molecule has 2 aliphatic carbocycles. The molecule has 8 N–H and O–H groups in total. The first-order chi connectivity index (χ1) is 67.5. The molecule has 4 aliphatic heterocycles. The SMILES string of the molecule is CCN1CCN(c2ccc3c(c2)nc(NC(=O)c2cccc(C(F)F)c2)n3CCCO)C(=O)C1.O=C(Nc1nc2cc(N3CCCCC3=O)ccc2n1CCCO)c1cccc(C(F)F)c1.O=C(Nc1nc2cc(N3CCN(CC4CC4)CC3=O)ccc2n1CCCO)c1cccc(C(F)F)c1.O=C(Nc1nc2cc(N3CCOCC3=O)ccc2n1C1(CCO)CCCCC1)c1cccc(C(F)(F)F)c1. The number of carbonyl (C=O) groups is 8. The second-order valence-corrected chi connectivity index (χ2v) is 35.1. The van der Waals surface area contributed by atoms with Gasteiger partial charge in [0, 0.05) is 160 Å². The van der Waals surface area contributed by atoms with Gasteiger partial charge in [-0.25, -0.2) is 46.3 Å². The van der Waals surface area contributed by atoms with Crippen LogP contribution in [0.4, 0.5) is 86.1 Å². The number of likely N-dealkylation sites (N-methyl/N-ethyl adjacent to an activating group) is 1. The molecule has 8 aromatic carbocycles. The third-order valence-electron chi connectivity index (χ3n) is 25.7. The van der Waals surface area contributed by atoms with Crippen molar-refractivity contribution in [2.75, 3.05) is 146 Å². The monoisotopic (exact) mass is 1940 g/mol. The zero-order valence-corrected chi connectivity index (χ0v) is 76.9. The molecule has 31 nitrogen and oxygen atoms in total. The van der Waals surface area contributed by atoms with Crippen LogP contribution in [0.5, 0.6) is 0 Å². The van der Waals surface area contributed by atoms with Gasteiger partial charge in [0.15, 0.2) is 0 Å². The number of anilines is 8. The summed E-state index contributed by atoms with van der Waals surface area (Å²) in [7, 11) is 0. The Morgan fingerprint density at radius 2 is 0.821 bits per heavy atom. The van der Waals surface area contributed by atoms with E-state index in [9.17, 15) is 98.3 Å². The van der Waals surface area contributed by atoms with E-state index in [2.05, 4.69) is 46.0 Å². The van der Waals surface area contributed by atoms with Crippen molar-refractivity contribution in [3.05, 3.63) is 214 Å². The number of benzene rings is 8. The Kier molecular flexibility index (Phi) is 32.9. The van der Waals surface area contributed by atoms with E-state index in [1.807, 2.05) is 66.1 Å². The standard InChI is InChI=1S/C27H29F3N4O4.C26H29F2N5O3.C24H27F2N5O3.C23H24F2N4O3/c28-27(29,30)19-6-4-5-18(15-19)24(37)32-25-31-21-16-20(33-12-14-38-17-23(33)36)7-8-22(21)34(25)26(11-13-35)9-2-1-3-10-26;27-24(28)18-3-1-4-19(13-18)25(36)30-26-29-21-14-20(7-8-22(21)33(26)9-2-12-34)32-11-10-31(16-23(32)35)15-17-5-6-17;1-2-29-10-11-30(21(33)15-29)18-7-8-20-19(14-18)27-24(31(20)9-4-12-32)28-23(34)17-6-3-5-16(13-17)22(25)26;24-21(25)15-5-3-6-16(13-15)22(32)27-23-26-18-14-17(28-10-2-1-7-20(28)31)8-9-19(18)29(23)11-4-12-30/h4-8,15-16,35H,1-3,9-14,17H2,(H,31,32,37);1,3-4,7-8,13-14,17,24,34H,2,5-6,9-12,15-16H2,(H,29,30,36);3,5-8,13-14,22,32H,2,4,9-12,15H2,1H3,(H,27,28,34);3,5-6,8-9,13-14,21,30H,1-2,4,7,10-12H2,(H,26,27,32). The number of ether oxygens (including phenoxy) is 1. The molecular formula is C100H109F9N18O13. The van der Waals surface area contributed by atoms with Crippen LogP contribution in [0.2, 0.25) is 0 Å². The zero-order valence-electron chi connectivity index (χ0n) is 76.9. The van der Waals surface area contributed by atoms with Crippen molar-refractivity contribution < 1.29 is 103 Å². The van der Waals surface area contributed by atoms with Gasteiger partial charge in [0.2, 0.25) is 41.5 Å². The Hall–Kier alpha value is -13.5. The summed E-state index contributed by atoms with van der Waals surface area (Å²) in [5.74, 6) is -0.743. The van der Waals surface area contributed by atoms with E-state index in [0.717, 1.165) is 141 Å². The molecule has 0 unspecified atom stereocenters. The molecule has 0 spiro atoms. The van der Waals surface area contributed by atoms with Crippen LogP contribution in [-0.2, 0) is 55.3 Å². The van der Waals surface area contributed by atoms with E-state index in [1.165, 1.54) is 79.6 Å². The van der Waals surface area contributed by atoms with Crippen molar-refractivity contribution in [1.82, 2.24) is 48.0 Å². The highest BCUT2D eigenvalue weighted by Gasteiger charge is 2.40. The number of piperazine rings is 2. The Morgan fingerprint density at radius 3 is 1.22 bits per heavy atom. The van der Waals surface area contributed by atoms with Crippen LogP contribution in [0.1, 0.15) is 180 Å². The number of rotatable bonds is 30. The summed E-state index contributed by atoms with van der Waals surface area (Å²) in [6.07, 6.45) is -1.57. The minimum Gasteiger partial charge on any atom is -0.396 e. The fraction of sp³-hybridized carbons (Fsp3) is 0.400. The third kappa shape index (κ3) is 24.0. The number of nitrogens with zero attached hydrogens (tertiary/aromatic N) is 14. The predicted molar refractivity (Wildman–Crippen MR) is 510 cm³/mol. The number of imidazole rings is 4. The number of piperidine rings is 1. The molecule has 2 saturated carbocycles. The summed E-state index contributed by atoms with van der Waals surface area (Å²) in [5.41, 5.74) is 6.10. The average molecular weight is 1940 g/mol. The van der Waals surface area contributed by atoms with E-state index in [0.29, 0.717) is 131 Å². The fourth-order valence-electron chi connectivity index (χ4n) is 18.2. The highest BCUT2D eigenvalue weighted by atomic mass is 19.4. The lowest BCUT2D eigenvalue weighted by Crippen LogP contribution is -2.50. The molecule has 18 rings (SSSR count).